The van der Waals surface area contributed by atoms with Gasteiger partial charge in [-0.15, -0.1) is 0 Å². The summed E-state index contributed by atoms with van der Waals surface area (Å²) < 4.78 is 0. The van der Waals surface area contributed by atoms with Gasteiger partial charge < -0.3 is 20.4 Å². The van der Waals surface area contributed by atoms with E-state index in [1.54, 1.807) is 0 Å². The van der Waals surface area contributed by atoms with E-state index in [9.17, 15) is 9.59 Å². The van der Waals surface area contributed by atoms with Crippen molar-refractivity contribution in [1.82, 2.24) is 0 Å². The number of carboxylic acids is 2. The third-order valence-electron chi connectivity index (χ3n) is 2.52. The minimum Gasteiger partial charge on any atom is -0.478 e. The van der Waals surface area contributed by atoms with Crippen molar-refractivity contribution in [2.45, 2.75) is 12.3 Å². The van der Waals surface area contributed by atoms with Crippen molar-refractivity contribution in [1.29, 1.82) is 0 Å². The Morgan fingerprint density at radius 3 is 1.55 bits per heavy atom. The molecule has 0 fully saturated rings. The molecule has 0 aliphatic carbocycles. The normalized spacial score (nSPS) is 9.23. The second kappa shape index (κ2) is 12.3. The van der Waals surface area contributed by atoms with Crippen LogP contribution < -0.4 is 0 Å². The van der Waals surface area contributed by atoms with E-state index in [-0.39, 0.29) is 13.2 Å². The van der Waals surface area contributed by atoms with Gasteiger partial charge in [-0.05, 0) is 5.56 Å². The molecule has 4 N–H and O–H groups in total. The lowest BCUT2D eigenvalue weighted by Crippen LogP contribution is -2.30. The van der Waals surface area contributed by atoms with Gasteiger partial charge in [0.25, 0.3) is 0 Å². The van der Waals surface area contributed by atoms with Crippen LogP contribution in [0, 0.1) is 0 Å². The van der Waals surface area contributed by atoms with Crippen LogP contribution in [-0.2, 0) is 15.0 Å². The molecule has 0 amide bonds. The summed E-state index contributed by atoms with van der Waals surface area (Å²) in [7, 11) is 0. The molecule has 6 heteroatoms. The molecule has 1 rings (SSSR count). The van der Waals surface area contributed by atoms with Crippen molar-refractivity contribution in [2.75, 3.05) is 13.2 Å². The molecule has 0 heterocycles. The smallest absolute Gasteiger partial charge is 0.327 e. The third kappa shape index (κ3) is 10.4. The number of hydrogen-bond donors (Lipinski definition) is 4. The van der Waals surface area contributed by atoms with Crippen molar-refractivity contribution >= 4 is 11.9 Å². The van der Waals surface area contributed by atoms with Gasteiger partial charge in [0.1, 0.15) is 0 Å². The van der Waals surface area contributed by atoms with Gasteiger partial charge in [-0.1, -0.05) is 50.4 Å². The Kier molecular flexibility index (Phi) is 12.2. The Labute approximate surface area is 129 Å². The lowest BCUT2D eigenvalue weighted by molar-refractivity contribution is -0.132. The third-order valence-corrected chi connectivity index (χ3v) is 2.52. The van der Waals surface area contributed by atoms with Gasteiger partial charge in [0.15, 0.2) is 0 Å². The highest BCUT2D eigenvalue weighted by Gasteiger charge is 2.24. The Morgan fingerprint density at radius 2 is 1.32 bits per heavy atom. The molecule has 0 spiro atoms. The average molecular weight is 310 g/mol. The van der Waals surface area contributed by atoms with Gasteiger partial charge in [0.05, 0.1) is 13.2 Å². The molecular weight excluding hydrogens is 288 g/mol. The molecule has 0 bridgehead atoms. The summed E-state index contributed by atoms with van der Waals surface area (Å²) in [6.45, 7) is 7.69. The van der Waals surface area contributed by atoms with Crippen LogP contribution in [0.5, 0.6) is 0 Å². The summed E-state index contributed by atoms with van der Waals surface area (Å²) in [5.74, 6) is -1.96. The van der Waals surface area contributed by atoms with Crippen LogP contribution in [0.25, 0.3) is 0 Å². The van der Waals surface area contributed by atoms with Gasteiger partial charge in [0.2, 0.25) is 0 Å². The van der Waals surface area contributed by atoms with Crippen LogP contribution in [-0.4, -0.2) is 45.6 Å². The first-order valence-electron chi connectivity index (χ1n) is 6.25. The van der Waals surface area contributed by atoms with Gasteiger partial charge >= 0.3 is 11.9 Å². The minimum atomic E-state index is -0.981. The molecule has 1 aromatic rings. The van der Waals surface area contributed by atoms with Crippen LogP contribution in [0.15, 0.2) is 55.6 Å². The number of aliphatic hydroxyl groups is 2. The second-order valence-corrected chi connectivity index (χ2v) is 4.33. The van der Waals surface area contributed by atoms with Crippen molar-refractivity contribution in [3.05, 3.63) is 61.2 Å². The summed E-state index contributed by atoms with van der Waals surface area (Å²) >= 11 is 0. The number of rotatable bonds is 5. The lowest BCUT2D eigenvalue weighted by Gasteiger charge is -2.24. The highest BCUT2D eigenvalue weighted by molar-refractivity contribution is 5.79. The first-order valence-corrected chi connectivity index (χ1v) is 6.25. The first-order chi connectivity index (χ1) is 10.3. The van der Waals surface area contributed by atoms with Crippen molar-refractivity contribution in [3.63, 3.8) is 0 Å². The average Bonchev–Trinajstić information content (AvgIpc) is 2.55. The van der Waals surface area contributed by atoms with Gasteiger partial charge in [-0.3, -0.25) is 0 Å². The maximum atomic E-state index is 9.25. The Balaban J connectivity index is 0. The lowest BCUT2D eigenvalue weighted by atomic mass is 9.84. The fourth-order valence-electron chi connectivity index (χ4n) is 1.07. The van der Waals surface area contributed by atoms with Crippen molar-refractivity contribution in [3.8, 4) is 0 Å². The van der Waals surface area contributed by atoms with E-state index in [4.69, 9.17) is 20.4 Å². The zero-order valence-electron chi connectivity index (χ0n) is 12.5. The highest BCUT2D eigenvalue weighted by Crippen LogP contribution is 2.21. The molecule has 0 saturated carbocycles. The molecule has 0 aliphatic heterocycles. The molecule has 1 aromatic carbocycles. The molecule has 0 aromatic heterocycles. The Bertz CT molecular complexity index is 445. The second-order valence-electron chi connectivity index (χ2n) is 4.33. The number of benzene rings is 1. The molecule has 0 unspecified atom stereocenters. The van der Waals surface area contributed by atoms with Gasteiger partial charge in [-0.25, -0.2) is 9.59 Å². The van der Waals surface area contributed by atoms with E-state index >= 15 is 0 Å². The number of aliphatic hydroxyl groups excluding tert-OH is 2. The molecule has 0 atom stereocenters. The van der Waals surface area contributed by atoms with Crippen LogP contribution >= 0.6 is 0 Å². The number of carbonyl (C=O) groups is 2. The minimum absolute atomic E-state index is 0.0342. The van der Waals surface area contributed by atoms with E-state index in [2.05, 4.69) is 13.2 Å². The molecule has 6 nitrogen and oxygen atoms in total. The van der Waals surface area contributed by atoms with E-state index in [1.807, 2.05) is 37.3 Å². The SMILES string of the molecule is C=CC(=O)O.C=CC(=O)O.CC(CO)(CO)c1ccccc1. The quantitative estimate of drug-likeness (QED) is 0.612. The van der Waals surface area contributed by atoms with Crippen LogP contribution in [0.1, 0.15) is 12.5 Å². The molecule has 0 aliphatic rings. The molecule has 122 valence electrons. The van der Waals surface area contributed by atoms with Crippen LogP contribution in [0.3, 0.4) is 0 Å². The fraction of sp³-hybridized carbons (Fsp3) is 0.250. The molecule has 0 radical (unpaired) electrons. The van der Waals surface area contributed by atoms with E-state index in [0.717, 1.165) is 17.7 Å². The largest absolute Gasteiger partial charge is 0.478 e. The zero-order chi connectivity index (χ0) is 17.6. The maximum Gasteiger partial charge on any atom is 0.327 e. The van der Waals surface area contributed by atoms with E-state index in [1.165, 1.54) is 0 Å². The summed E-state index contributed by atoms with van der Waals surface area (Å²) in [5.41, 5.74) is 0.455. The summed E-state index contributed by atoms with van der Waals surface area (Å²) in [4.78, 5) is 18.5. The molecular formula is C16H22O6. The van der Waals surface area contributed by atoms with Gasteiger partial charge in [-0.2, -0.15) is 0 Å². The first kappa shape index (κ1) is 21.9. The van der Waals surface area contributed by atoms with E-state index < -0.39 is 17.4 Å². The zero-order valence-corrected chi connectivity index (χ0v) is 12.5. The number of hydrogen-bond acceptors (Lipinski definition) is 4. The number of aliphatic carboxylic acids is 2. The predicted octanol–water partition coefficient (Wildman–Crippen LogP) is 1.44. The summed E-state index contributed by atoms with van der Waals surface area (Å²) in [5, 5.41) is 33.4. The Hall–Kier alpha value is -2.44. The summed E-state index contributed by atoms with van der Waals surface area (Å²) in [6, 6.07) is 9.54. The monoisotopic (exact) mass is 310 g/mol. The van der Waals surface area contributed by atoms with Crippen LogP contribution in [0.4, 0.5) is 0 Å². The Morgan fingerprint density at radius 1 is 1.00 bits per heavy atom. The van der Waals surface area contributed by atoms with Crippen molar-refractivity contribution < 1.29 is 30.0 Å². The molecule has 22 heavy (non-hydrogen) atoms. The van der Waals surface area contributed by atoms with E-state index in [0.29, 0.717) is 0 Å². The van der Waals surface area contributed by atoms with Crippen LogP contribution in [0.2, 0.25) is 0 Å². The molecule has 0 saturated heterocycles. The topological polar surface area (TPSA) is 115 Å². The maximum absolute atomic E-state index is 9.25. The highest BCUT2D eigenvalue weighted by atomic mass is 16.4. The number of carboxylic acid groups (broad SMARTS) is 2. The van der Waals surface area contributed by atoms with Crippen molar-refractivity contribution in [2.24, 2.45) is 0 Å². The standard InChI is InChI=1S/C10H14O2.2C3H4O2/c1-10(7-11,8-12)9-5-3-2-4-6-9;2*1-2-3(4)5/h2-6,11-12H,7-8H2,1H3;2*2H,1H2,(H,4,5). The predicted molar refractivity (Wildman–Crippen MR) is 83.6 cm³/mol. The van der Waals surface area contributed by atoms with Gasteiger partial charge in [0, 0.05) is 17.6 Å². The fourth-order valence-corrected chi connectivity index (χ4v) is 1.07. The summed E-state index contributed by atoms with van der Waals surface area (Å²) in [6.07, 6.45) is 1.67.